The van der Waals surface area contributed by atoms with Gasteiger partial charge in [0.1, 0.15) is 16.9 Å². The normalized spacial score (nSPS) is 10.9. The molecule has 90 valence electrons. The molecule has 0 saturated carbocycles. The lowest BCUT2D eigenvalue weighted by Gasteiger charge is -1.91. The molecule has 2 aromatic heterocycles. The van der Waals surface area contributed by atoms with Crippen molar-refractivity contribution in [3.63, 3.8) is 0 Å². The number of furan rings is 1. The van der Waals surface area contributed by atoms with E-state index < -0.39 is 5.97 Å². The highest BCUT2D eigenvalue weighted by Crippen LogP contribution is 2.33. The van der Waals surface area contributed by atoms with Gasteiger partial charge in [0, 0.05) is 16.5 Å². The largest absolute Gasteiger partial charge is 0.481 e. The number of carboxylic acid groups (broad SMARTS) is 1. The predicted molar refractivity (Wildman–Crippen MR) is 68.7 cm³/mol. The van der Waals surface area contributed by atoms with E-state index in [4.69, 9.17) is 9.52 Å². The number of carbonyl (C=O) groups is 1. The molecule has 18 heavy (non-hydrogen) atoms. The first-order chi connectivity index (χ1) is 8.74. The highest BCUT2D eigenvalue weighted by molar-refractivity contribution is 7.15. The summed E-state index contributed by atoms with van der Waals surface area (Å²) in [6, 6.07) is 7.71. The van der Waals surface area contributed by atoms with E-state index >= 15 is 0 Å². The van der Waals surface area contributed by atoms with Gasteiger partial charge in [-0.1, -0.05) is 18.2 Å². The van der Waals surface area contributed by atoms with Gasteiger partial charge in [0.15, 0.2) is 0 Å². The second kappa shape index (κ2) is 4.27. The van der Waals surface area contributed by atoms with Crippen LogP contribution in [0.1, 0.15) is 4.88 Å². The third-order valence-electron chi connectivity index (χ3n) is 2.59. The predicted octanol–water partition coefficient (Wildman–Crippen LogP) is 3.18. The Morgan fingerprint density at radius 3 is 3.06 bits per heavy atom. The highest BCUT2D eigenvalue weighted by Gasteiger charge is 2.12. The van der Waals surface area contributed by atoms with Crippen molar-refractivity contribution in [1.82, 2.24) is 4.98 Å². The van der Waals surface area contributed by atoms with Crippen LogP contribution in [-0.2, 0) is 11.2 Å². The van der Waals surface area contributed by atoms with E-state index in [-0.39, 0.29) is 6.42 Å². The minimum Gasteiger partial charge on any atom is -0.481 e. The van der Waals surface area contributed by atoms with Crippen LogP contribution in [0, 0.1) is 0 Å². The summed E-state index contributed by atoms with van der Waals surface area (Å²) in [6.07, 6.45) is 3.28. The Morgan fingerprint density at radius 2 is 2.22 bits per heavy atom. The van der Waals surface area contributed by atoms with Crippen LogP contribution in [0.4, 0.5) is 0 Å². The summed E-state index contributed by atoms with van der Waals surface area (Å²) in [4.78, 5) is 15.6. The van der Waals surface area contributed by atoms with Crippen molar-refractivity contribution in [3.8, 4) is 10.6 Å². The fourth-order valence-corrected chi connectivity index (χ4v) is 2.73. The van der Waals surface area contributed by atoms with Crippen LogP contribution in [-0.4, -0.2) is 16.1 Å². The van der Waals surface area contributed by atoms with Gasteiger partial charge in [-0.05, 0) is 6.07 Å². The number of nitrogens with zero attached hydrogens (tertiary/aromatic N) is 1. The van der Waals surface area contributed by atoms with Crippen molar-refractivity contribution in [1.29, 1.82) is 0 Å². The number of aromatic nitrogens is 1. The van der Waals surface area contributed by atoms with Crippen molar-refractivity contribution >= 4 is 28.3 Å². The van der Waals surface area contributed by atoms with E-state index in [0.29, 0.717) is 0 Å². The Labute approximate surface area is 107 Å². The molecule has 1 N–H and O–H groups in total. The topological polar surface area (TPSA) is 63.3 Å². The maximum Gasteiger partial charge on any atom is 0.308 e. The van der Waals surface area contributed by atoms with E-state index in [9.17, 15) is 4.79 Å². The smallest absolute Gasteiger partial charge is 0.308 e. The summed E-state index contributed by atoms with van der Waals surface area (Å²) in [5.74, 6) is -0.845. The van der Waals surface area contributed by atoms with E-state index in [2.05, 4.69) is 4.98 Å². The van der Waals surface area contributed by atoms with Gasteiger partial charge in [-0.25, -0.2) is 4.98 Å². The van der Waals surface area contributed by atoms with Gasteiger partial charge in [0.2, 0.25) is 0 Å². The summed E-state index contributed by atoms with van der Waals surface area (Å²) in [7, 11) is 0. The molecule has 0 radical (unpaired) electrons. The fourth-order valence-electron chi connectivity index (χ4n) is 1.81. The highest BCUT2D eigenvalue weighted by atomic mass is 32.1. The fraction of sp³-hybridized carbons (Fsp3) is 0.0769. The summed E-state index contributed by atoms with van der Waals surface area (Å²) in [5, 5.41) is 10.5. The molecule has 0 amide bonds. The third kappa shape index (κ3) is 1.89. The number of hydrogen-bond acceptors (Lipinski definition) is 4. The van der Waals surface area contributed by atoms with Gasteiger partial charge in [0.05, 0.1) is 12.0 Å². The van der Waals surface area contributed by atoms with Crippen molar-refractivity contribution in [2.75, 3.05) is 0 Å². The molecule has 0 unspecified atom stereocenters. The quantitative estimate of drug-likeness (QED) is 0.784. The summed E-state index contributed by atoms with van der Waals surface area (Å²) < 4.78 is 5.44. The van der Waals surface area contributed by atoms with Crippen LogP contribution < -0.4 is 0 Å². The van der Waals surface area contributed by atoms with Crippen molar-refractivity contribution in [2.24, 2.45) is 0 Å². The van der Waals surface area contributed by atoms with Crippen molar-refractivity contribution < 1.29 is 14.3 Å². The Morgan fingerprint density at radius 1 is 1.39 bits per heavy atom. The molecule has 3 rings (SSSR count). The molecular weight excluding hydrogens is 250 g/mol. The van der Waals surface area contributed by atoms with Crippen molar-refractivity contribution in [2.45, 2.75) is 6.42 Å². The zero-order chi connectivity index (χ0) is 12.5. The Hall–Kier alpha value is -2.14. The first-order valence-corrected chi connectivity index (χ1v) is 6.19. The number of rotatable bonds is 3. The monoisotopic (exact) mass is 259 g/mol. The maximum absolute atomic E-state index is 10.6. The zero-order valence-corrected chi connectivity index (χ0v) is 10.1. The Kier molecular flexibility index (Phi) is 2.60. The molecule has 0 spiro atoms. The molecular formula is C13H9NO3S. The molecule has 5 heteroatoms. The third-order valence-corrected chi connectivity index (χ3v) is 3.62. The molecule has 1 aromatic carbocycles. The van der Waals surface area contributed by atoms with E-state index in [1.54, 1.807) is 12.5 Å². The molecule has 0 aliphatic rings. The van der Waals surface area contributed by atoms with E-state index in [1.165, 1.54) is 11.3 Å². The van der Waals surface area contributed by atoms with E-state index in [1.807, 2.05) is 24.3 Å². The summed E-state index contributed by atoms with van der Waals surface area (Å²) in [5.41, 5.74) is 1.72. The lowest BCUT2D eigenvalue weighted by molar-refractivity contribution is -0.136. The molecule has 0 aliphatic heterocycles. The summed E-state index contributed by atoms with van der Waals surface area (Å²) >= 11 is 1.38. The lowest BCUT2D eigenvalue weighted by Crippen LogP contribution is -1.97. The van der Waals surface area contributed by atoms with Gasteiger partial charge in [-0.2, -0.15) is 0 Å². The van der Waals surface area contributed by atoms with Gasteiger partial charge in [-0.15, -0.1) is 11.3 Å². The molecule has 2 heterocycles. The average molecular weight is 259 g/mol. The number of carboxylic acids is 1. The minimum absolute atomic E-state index is 0.00739. The van der Waals surface area contributed by atoms with Crippen LogP contribution in [0.25, 0.3) is 21.5 Å². The number of fused-ring (bicyclic) bond motifs is 1. The zero-order valence-electron chi connectivity index (χ0n) is 9.29. The molecule has 3 aromatic rings. The van der Waals surface area contributed by atoms with Gasteiger partial charge in [-0.3, -0.25) is 4.79 Å². The first kappa shape index (κ1) is 11.0. The second-order valence-electron chi connectivity index (χ2n) is 3.85. The minimum atomic E-state index is -0.845. The maximum atomic E-state index is 10.6. The SMILES string of the molecule is O=C(O)Cc1cnc(-c2coc3ccccc23)s1. The molecule has 0 atom stereocenters. The molecule has 0 aliphatic carbocycles. The van der Waals surface area contributed by atoms with Gasteiger partial charge < -0.3 is 9.52 Å². The van der Waals surface area contributed by atoms with Gasteiger partial charge >= 0.3 is 5.97 Å². The standard InChI is InChI=1S/C13H9NO3S/c15-12(16)5-8-6-14-13(18-8)10-7-17-11-4-2-1-3-9(10)11/h1-4,6-7H,5H2,(H,15,16). The number of aliphatic carboxylic acids is 1. The molecule has 0 saturated heterocycles. The van der Waals surface area contributed by atoms with Crippen LogP contribution >= 0.6 is 11.3 Å². The van der Waals surface area contributed by atoms with E-state index in [0.717, 1.165) is 26.4 Å². The number of hydrogen-bond donors (Lipinski definition) is 1. The van der Waals surface area contributed by atoms with Crippen LogP contribution in [0.5, 0.6) is 0 Å². The summed E-state index contributed by atoms with van der Waals surface area (Å²) in [6.45, 7) is 0. The number of thiazole rings is 1. The van der Waals surface area contributed by atoms with Crippen LogP contribution in [0.2, 0.25) is 0 Å². The Balaban J connectivity index is 2.04. The molecule has 0 fully saturated rings. The van der Waals surface area contributed by atoms with Crippen LogP contribution in [0.15, 0.2) is 41.1 Å². The number of benzene rings is 1. The van der Waals surface area contributed by atoms with Crippen molar-refractivity contribution in [3.05, 3.63) is 41.6 Å². The molecule has 4 nitrogen and oxygen atoms in total. The lowest BCUT2D eigenvalue weighted by atomic mass is 10.2. The van der Waals surface area contributed by atoms with Gasteiger partial charge in [0.25, 0.3) is 0 Å². The molecule has 0 bridgehead atoms. The van der Waals surface area contributed by atoms with Crippen LogP contribution in [0.3, 0.4) is 0 Å². The Bertz CT molecular complexity index is 714. The number of para-hydroxylation sites is 1. The first-order valence-electron chi connectivity index (χ1n) is 5.37. The second-order valence-corrected chi connectivity index (χ2v) is 4.96. The average Bonchev–Trinajstić information content (AvgIpc) is 2.94.